The Morgan fingerprint density at radius 1 is 0.906 bits per heavy atom. The maximum absolute atomic E-state index is 12.6. The first kappa shape index (κ1) is 22.8. The molecule has 0 aromatic heterocycles. The second-order valence-corrected chi connectivity index (χ2v) is 7.49. The largest absolute Gasteiger partial charge is 0.484 e. The summed E-state index contributed by atoms with van der Waals surface area (Å²) in [7, 11) is 0. The Hall–Kier alpha value is -3.84. The minimum atomic E-state index is -1.16. The number of ether oxygens (including phenoxy) is 1. The Morgan fingerprint density at radius 2 is 1.66 bits per heavy atom. The number of para-hydroxylation sites is 1. The van der Waals surface area contributed by atoms with Gasteiger partial charge in [-0.2, -0.15) is 0 Å². The van der Waals surface area contributed by atoms with Crippen LogP contribution >= 0.6 is 11.6 Å². The third-order valence-corrected chi connectivity index (χ3v) is 5.06. The van der Waals surface area contributed by atoms with Crippen molar-refractivity contribution in [1.82, 2.24) is 0 Å². The Bertz CT molecular complexity index is 1190. The lowest BCUT2D eigenvalue weighted by atomic mass is 10.1. The molecule has 0 atom stereocenters. The summed E-state index contributed by atoms with van der Waals surface area (Å²) in [5.41, 5.74) is 2.84. The lowest BCUT2D eigenvalue weighted by Gasteiger charge is -2.12. The molecule has 3 N–H and O–H groups in total. The molecule has 0 aliphatic heterocycles. The molecule has 0 heterocycles. The summed E-state index contributed by atoms with van der Waals surface area (Å²) >= 11 is 6.22. The van der Waals surface area contributed by atoms with Crippen LogP contribution in [0.1, 0.15) is 31.8 Å². The number of anilines is 2. The molecule has 8 heteroatoms. The lowest BCUT2D eigenvalue weighted by Crippen LogP contribution is -2.20. The van der Waals surface area contributed by atoms with Gasteiger partial charge in [-0.1, -0.05) is 29.8 Å². The highest BCUT2D eigenvalue weighted by molar-refractivity contribution is 6.34. The molecular weight excluding hydrogens is 432 g/mol. The van der Waals surface area contributed by atoms with Gasteiger partial charge in [0, 0.05) is 5.69 Å². The van der Waals surface area contributed by atoms with Crippen LogP contribution in [-0.2, 0) is 4.79 Å². The van der Waals surface area contributed by atoms with Crippen molar-refractivity contribution in [2.24, 2.45) is 0 Å². The van der Waals surface area contributed by atoms with Crippen LogP contribution in [0, 0.1) is 13.8 Å². The quantitative estimate of drug-likeness (QED) is 0.471. The van der Waals surface area contributed by atoms with Crippen LogP contribution in [0.15, 0.2) is 60.7 Å². The number of hydrogen-bond donors (Lipinski definition) is 3. The summed E-state index contributed by atoms with van der Waals surface area (Å²) in [5, 5.41) is 14.5. The van der Waals surface area contributed by atoms with Gasteiger partial charge in [0.15, 0.2) is 6.61 Å². The summed E-state index contributed by atoms with van der Waals surface area (Å²) in [6.45, 7) is 3.76. The van der Waals surface area contributed by atoms with E-state index in [1.165, 1.54) is 30.3 Å². The van der Waals surface area contributed by atoms with Gasteiger partial charge >= 0.3 is 5.97 Å². The minimum Gasteiger partial charge on any atom is -0.484 e. The Labute approximate surface area is 190 Å². The zero-order valence-electron chi connectivity index (χ0n) is 17.4. The van der Waals surface area contributed by atoms with Gasteiger partial charge in [0.25, 0.3) is 11.8 Å². The first-order chi connectivity index (χ1) is 15.2. The van der Waals surface area contributed by atoms with E-state index >= 15 is 0 Å². The van der Waals surface area contributed by atoms with Gasteiger partial charge in [0.2, 0.25) is 0 Å². The molecule has 7 nitrogen and oxygen atoms in total. The fraction of sp³-hybridized carbons (Fsp3) is 0.125. The average Bonchev–Trinajstić information content (AvgIpc) is 2.75. The van der Waals surface area contributed by atoms with Crippen LogP contribution in [0.3, 0.4) is 0 Å². The van der Waals surface area contributed by atoms with Crippen molar-refractivity contribution >= 4 is 40.8 Å². The molecule has 0 spiro atoms. The first-order valence-electron chi connectivity index (χ1n) is 9.67. The third-order valence-electron chi connectivity index (χ3n) is 4.75. The van der Waals surface area contributed by atoms with Crippen molar-refractivity contribution in [3.8, 4) is 5.75 Å². The predicted molar refractivity (Wildman–Crippen MR) is 123 cm³/mol. The van der Waals surface area contributed by atoms with Crippen LogP contribution in [0.25, 0.3) is 0 Å². The second-order valence-electron chi connectivity index (χ2n) is 7.08. The highest BCUT2D eigenvalue weighted by atomic mass is 35.5. The van der Waals surface area contributed by atoms with Crippen molar-refractivity contribution < 1.29 is 24.2 Å². The molecule has 0 radical (unpaired) electrons. The number of halogens is 1. The standard InChI is InChI=1S/C24H21ClN2O5/c1-14-7-9-17(11-15(14)2)32-13-22(28)26-16-8-10-18(20(25)12-16)23(29)27-21-6-4-3-5-19(21)24(30)31/h3-12H,13H2,1-2H3,(H,26,28)(H,27,29)(H,30,31). The maximum Gasteiger partial charge on any atom is 0.337 e. The first-order valence-corrected chi connectivity index (χ1v) is 10.1. The molecule has 3 aromatic carbocycles. The number of carbonyl (C=O) groups excluding carboxylic acids is 2. The van der Waals surface area contributed by atoms with Crippen LogP contribution in [0.4, 0.5) is 11.4 Å². The van der Waals surface area contributed by atoms with E-state index in [2.05, 4.69) is 10.6 Å². The normalized spacial score (nSPS) is 10.3. The molecule has 0 bridgehead atoms. The van der Waals surface area contributed by atoms with Crippen LogP contribution in [-0.4, -0.2) is 29.5 Å². The number of hydrogen-bond acceptors (Lipinski definition) is 4. The number of rotatable bonds is 7. The highest BCUT2D eigenvalue weighted by Crippen LogP contribution is 2.24. The van der Waals surface area contributed by atoms with E-state index in [0.29, 0.717) is 11.4 Å². The molecule has 0 saturated carbocycles. The molecule has 0 aliphatic carbocycles. The van der Waals surface area contributed by atoms with E-state index in [4.69, 9.17) is 16.3 Å². The Balaban J connectivity index is 1.63. The van der Waals surface area contributed by atoms with Crippen molar-refractivity contribution in [3.63, 3.8) is 0 Å². The number of amides is 2. The molecular formula is C24H21ClN2O5. The number of nitrogens with one attached hydrogen (secondary N) is 2. The van der Waals surface area contributed by atoms with Crippen LogP contribution in [0.5, 0.6) is 5.75 Å². The van der Waals surface area contributed by atoms with Crippen LogP contribution < -0.4 is 15.4 Å². The molecule has 3 rings (SSSR count). The highest BCUT2D eigenvalue weighted by Gasteiger charge is 2.16. The molecule has 3 aromatic rings. The summed E-state index contributed by atoms with van der Waals surface area (Å²) in [4.78, 5) is 36.1. The number of aromatic carboxylic acids is 1. The number of aryl methyl sites for hydroxylation is 2. The zero-order chi connectivity index (χ0) is 23.3. The van der Waals surface area contributed by atoms with Crippen molar-refractivity contribution in [2.75, 3.05) is 17.2 Å². The third kappa shape index (κ3) is 5.65. The summed E-state index contributed by atoms with van der Waals surface area (Å²) in [6.07, 6.45) is 0. The number of carbonyl (C=O) groups is 3. The van der Waals surface area contributed by atoms with Crippen LogP contribution in [0.2, 0.25) is 5.02 Å². The average molecular weight is 453 g/mol. The van der Waals surface area contributed by atoms with Gasteiger partial charge in [-0.25, -0.2) is 4.79 Å². The van der Waals surface area contributed by atoms with Gasteiger partial charge in [0.1, 0.15) is 5.75 Å². The van der Waals surface area contributed by atoms with Gasteiger partial charge in [0.05, 0.1) is 21.8 Å². The van der Waals surface area contributed by atoms with E-state index in [0.717, 1.165) is 11.1 Å². The SMILES string of the molecule is Cc1ccc(OCC(=O)Nc2ccc(C(=O)Nc3ccccc3C(=O)O)c(Cl)c2)cc1C. The summed E-state index contributed by atoms with van der Waals surface area (Å²) in [5.74, 6) is -1.52. The molecule has 0 unspecified atom stereocenters. The molecule has 0 fully saturated rings. The van der Waals surface area contributed by atoms with E-state index in [-0.39, 0.29) is 34.4 Å². The fourth-order valence-corrected chi connectivity index (χ4v) is 3.16. The zero-order valence-corrected chi connectivity index (χ0v) is 18.2. The molecule has 0 aliphatic rings. The monoisotopic (exact) mass is 452 g/mol. The van der Waals surface area contributed by atoms with E-state index in [1.807, 2.05) is 26.0 Å². The molecule has 0 saturated heterocycles. The summed E-state index contributed by atoms with van der Waals surface area (Å²) in [6, 6.07) is 16.0. The van der Waals surface area contributed by atoms with Crippen molar-refractivity contribution in [3.05, 3.63) is 87.9 Å². The molecule has 32 heavy (non-hydrogen) atoms. The van der Waals surface area contributed by atoms with Gasteiger partial charge in [-0.05, 0) is 67.4 Å². The second kappa shape index (κ2) is 9.98. The summed E-state index contributed by atoms with van der Waals surface area (Å²) < 4.78 is 5.51. The lowest BCUT2D eigenvalue weighted by molar-refractivity contribution is -0.118. The van der Waals surface area contributed by atoms with E-state index < -0.39 is 11.9 Å². The van der Waals surface area contributed by atoms with Gasteiger partial charge < -0.3 is 20.5 Å². The molecule has 2 amide bonds. The maximum atomic E-state index is 12.6. The Morgan fingerprint density at radius 3 is 2.34 bits per heavy atom. The smallest absolute Gasteiger partial charge is 0.337 e. The minimum absolute atomic E-state index is 0.0374. The van der Waals surface area contributed by atoms with Gasteiger partial charge in [-0.15, -0.1) is 0 Å². The topological polar surface area (TPSA) is 105 Å². The predicted octanol–water partition coefficient (Wildman–Crippen LogP) is 4.92. The fourth-order valence-electron chi connectivity index (χ4n) is 2.89. The van der Waals surface area contributed by atoms with Crippen molar-refractivity contribution in [1.29, 1.82) is 0 Å². The number of carboxylic acid groups (broad SMARTS) is 1. The Kier molecular flexibility index (Phi) is 7.12. The van der Waals surface area contributed by atoms with Gasteiger partial charge in [-0.3, -0.25) is 9.59 Å². The van der Waals surface area contributed by atoms with E-state index in [9.17, 15) is 19.5 Å². The molecule has 164 valence electrons. The number of carboxylic acids is 1. The van der Waals surface area contributed by atoms with Crippen molar-refractivity contribution in [2.45, 2.75) is 13.8 Å². The number of benzene rings is 3. The van der Waals surface area contributed by atoms with E-state index in [1.54, 1.807) is 18.2 Å².